The third-order valence-corrected chi connectivity index (χ3v) is 5.38. The first-order valence-electron chi connectivity index (χ1n) is 9.16. The molecule has 4 rings (SSSR count). The molecular weight excluding hydrogens is 342 g/mol. The monoisotopic (exact) mass is 367 g/mol. The number of nitrogens with two attached hydrogens (primary N) is 1. The lowest BCUT2D eigenvalue weighted by Crippen LogP contribution is -2.26. The van der Waals surface area contributed by atoms with Gasteiger partial charge in [0, 0.05) is 0 Å². The van der Waals surface area contributed by atoms with Crippen molar-refractivity contribution in [3.63, 3.8) is 0 Å². The smallest absolute Gasteiger partial charge is 0.0733 e. The Kier molecular flexibility index (Phi) is 5.38. The first-order valence-corrected chi connectivity index (χ1v) is 9.16. The van der Waals surface area contributed by atoms with Gasteiger partial charge >= 0.3 is 0 Å². The molecule has 0 aliphatic rings. The second-order valence-corrected chi connectivity index (χ2v) is 7.58. The Morgan fingerprint density at radius 2 is 1.38 bits per heavy atom. The van der Waals surface area contributed by atoms with Crippen molar-refractivity contribution in [2.75, 3.05) is 0 Å². The number of benzene rings is 4. The van der Waals surface area contributed by atoms with Gasteiger partial charge in [-0.25, -0.2) is 0 Å². The van der Waals surface area contributed by atoms with Crippen LogP contribution in [0.1, 0.15) is 38.3 Å². The van der Waals surface area contributed by atoms with Crippen molar-refractivity contribution in [1.82, 2.24) is 0 Å². The van der Waals surface area contributed by atoms with Gasteiger partial charge in [0.15, 0.2) is 0 Å². The number of aliphatic hydroxyl groups excluding tert-OH is 1. The van der Waals surface area contributed by atoms with Crippen LogP contribution in [0.25, 0.3) is 32.3 Å². The largest absolute Gasteiger partial charge is 0.391 e. The van der Waals surface area contributed by atoms with E-state index in [1.54, 1.807) is 0 Å². The van der Waals surface area contributed by atoms with E-state index in [2.05, 4.69) is 68.4 Å². The van der Waals surface area contributed by atoms with Crippen LogP contribution in [0.4, 0.5) is 0 Å². The normalized spacial score (nSPS) is 14.2. The zero-order valence-corrected chi connectivity index (χ0v) is 16.1. The van der Waals surface area contributed by atoms with E-state index in [1.165, 1.54) is 26.9 Å². The van der Waals surface area contributed by atoms with E-state index in [0.29, 0.717) is 5.92 Å². The Morgan fingerprint density at radius 1 is 0.808 bits per heavy atom. The first-order chi connectivity index (χ1) is 12.1. The zero-order valence-electron chi connectivity index (χ0n) is 15.3. The summed E-state index contributed by atoms with van der Waals surface area (Å²) in [5.41, 5.74) is 7.52. The van der Waals surface area contributed by atoms with Crippen molar-refractivity contribution in [3.8, 4) is 0 Å². The minimum Gasteiger partial charge on any atom is -0.391 e. The molecule has 0 aromatic heterocycles. The molecule has 3 N–H and O–H groups in total. The molecule has 0 saturated heterocycles. The minimum absolute atomic E-state index is 0. The lowest BCUT2D eigenvalue weighted by Gasteiger charge is -2.23. The number of hydrogen-bond donors (Lipinski definition) is 2. The predicted molar refractivity (Wildman–Crippen MR) is 114 cm³/mol. The molecule has 0 bridgehead atoms. The molecule has 0 spiro atoms. The van der Waals surface area contributed by atoms with Crippen LogP contribution in [0.3, 0.4) is 0 Å². The molecule has 2 atom stereocenters. The minimum atomic E-state index is -0.513. The molecule has 0 saturated carbocycles. The van der Waals surface area contributed by atoms with E-state index in [1.807, 2.05) is 0 Å². The van der Waals surface area contributed by atoms with Crippen LogP contribution in [-0.2, 0) is 0 Å². The zero-order chi connectivity index (χ0) is 17.6. The molecule has 4 aromatic carbocycles. The van der Waals surface area contributed by atoms with Gasteiger partial charge in [-0.2, -0.15) is 0 Å². The summed E-state index contributed by atoms with van der Waals surface area (Å²) >= 11 is 0. The Labute approximate surface area is 160 Å². The lowest BCUT2D eigenvalue weighted by atomic mass is 9.88. The standard InChI is InChI=1S/C23H25NO.ClH/c1-14(2)6-13-20(25)23(24)19-12-10-17-8-7-15-4-3-5-16-9-11-18(19)22(17)21(15)16;/h3-5,7-12,14,20,23,25H,6,13,24H2,1-2H3;1H/t20-,23+;/m1./s1. The van der Waals surface area contributed by atoms with Gasteiger partial charge in [0.25, 0.3) is 0 Å². The average Bonchev–Trinajstić information content (AvgIpc) is 2.63. The van der Waals surface area contributed by atoms with E-state index in [9.17, 15) is 5.11 Å². The fourth-order valence-electron chi connectivity index (χ4n) is 3.94. The fourth-order valence-corrected chi connectivity index (χ4v) is 3.94. The van der Waals surface area contributed by atoms with Crippen molar-refractivity contribution in [3.05, 3.63) is 60.2 Å². The maximum atomic E-state index is 10.6. The summed E-state index contributed by atoms with van der Waals surface area (Å²) in [5.74, 6) is 0.572. The van der Waals surface area contributed by atoms with Gasteiger partial charge in [-0.3, -0.25) is 0 Å². The summed E-state index contributed by atoms with van der Waals surface area (Å²) in [6.45, 7) is 4.35. The number of hydrogen-bond acceptors (Lipinski definition) is 2. The molecule has 4 aromatic rings. The summed E-state index contributed by atoms with van der Waals surface area (Å²) in [7, 11) is 0. The fraction of sp³-hybridized carbons (Fsp3) is 0.304. The summed E-state index contributed by atoms with van der Waals surface area (Å²) < 4.78 is 0. The molecule has 2 nitrogen and oxygen atoms in total. The SMILES string of the molecule is CC(C)CC[C@@H](O)[C@@H](N)c1ccc2ccc3cccc4ccc1c2c34.Cl. The van der Waals surface area contributed by atoms with Crippen LogP contribution in [0, 0.1) is 5.92 Å². The van der Waals surface area contributed by atoms with E-state index in [0.717, 1.165) is 23.8 Å². The predicted octanol–water partition coefficient (Wildman–Crippen LogP) is 5.80. The topological polar surface area (TPSA) is 46.2 Å². The summed E-state index contributed by atoms with van der Waals surface area (Å²) in [6.07, 6.45) is 1.21. The third kappa shape index (κ3) is 3.14. The van der Waals surface area contributed by atoms with E-state index < -0.39 is 6.10 Å². The van der Waals surface area contributed by atoms with Crippen molar-refractivity contribution in [2.45, 2.75) is 38.8 Å². The highest BCUT2D eigenvalue weighted by atomic mass is 35.5. The average molecular weight is 368 g/mol. The molecule has 0 amide bonds. The Morgan fingerprint density at radius 3 is 2.04 bits per heavy atom. The van der Waals surface area contributed by atoms with Gasteiger partial charge in [-0.1, -0.05) is 68.4 Å². The van der Waals surface area contributed by atoms with Crippen LogP contribution in [-0.4, -0.2) is 11.2 Å². The highest BCUT2D eigenvalue weighted by molar-refractivity contribution is 6.23. The Bertz CT molecular complexity index is 1010. The van der Waals surface area contributed by atoms with Gasteiger partial charge in [0.2, 0.25) is 0 Å². The van der Waals surface area contributed by atoms with Gasteiger partial charge in [0.1, 0.15) is 0 Å². The van der Waals surface area contributed by atoms with Gasteiger partial charge in [0.05, 0.1) is 12.1 Å². The highest BCUT2D eigenvalue weighted by Gasteiger charge is 2.20. The Hall–Kier alpha value is -1.87. The van der Waals surface area contributed by atoms with Crippen LogP contribution in [0.15, 0.2) is 54.6 Å². The van der Waals surface area contributed by atoms with E-state index in [4.69, 9.17) is 5.73 Å². The second kappa shape index (κ2) is 7.40. The first kappa shape index (κ1) is 18.9. The van der Waals surface area contributed by atoms with Crippen molar-refractivity contribution in [1.29, 1.82) is 0 Å². The molecule has 0 heterocycles. The molecule has 0 radical (unpaired) electrons. The molecule has 26 heavy (non-hydrogen) atoms. The number of rotatable bonds is 5. The van der Waals surface area contributed by atoms with Gasteiger partial charge in [-0.05, 0) is 56.6 Å². The van der Waals surface area contributed by atoms with Gasteiger partial charge < -0.3 is 10.8 Å². The quantitative estimate of drug-likeness (QED) is 0.437. The second-order valence-electron chi connectivity index (χ2n) is 7.58. The summed E-state index contributed by atoms with van der Waals surface area (Å²) in [4.78, 5) is 0. The summed E-state index contributed by atoms with van der Waals surface area (Å²) in [6, 6.07) is 19.0. The lowest BCUT2D eigenvalue weighted by molar-refractivity contribution is 0.129. The molecule has 0 unspecified atom stereocenters. The molecular formula is C23H26ClNO. The molecule has 0 aliphatic heterocycles. The molecule has 136 valence electrons. The Balaban J connectivity index is 0.00000196. The maximum absolute atomic E-state index is 10.6. The van der Waals surface area contributed by atoms with Crippen LogP contribution in [0.5, 0.6) is 0 Å². The van der Waals surface area contributed by atoms with Crippen LogP contribution >= 0.6 is 12.4 Å². The van der Waals surface area contributed by atoms with Crippen LogP contribution < -0.4 is 5.73 Å². The molecule has 3 heteroatoms. The third-order valence-electron chi connectivity index (χ3n) is 5.38. The van der Waals surface area contributed by atoms with E-state index >= 15 is 0 Å². The maximum Gasteiger partial charge on any atom is 0.0733 e. The molecule has 0 fully saturated rings. The van der Waals surface area contributed by atoms with Crippen molar-refractivity contribution in [2.24, 2.45) is 11.7 Å². The molecule has 0 aliphatic carbocycles. The highest BCUT2D eigenvalue weighted by Crippen LogP contribution is 2.37. The number of aliphatic hydroxyl groups is 1. The van der Waals surface area contributed by atoms with Gasteiger partial charge in [-0.15, -0.1) is 12.4 Å². The van der Waals surface area contributed by atoms with Crippen molar-refractivity contribution < 1.29 is 5.11 Å². The van der Waals surface area contributed by atoms with E-state index in [-0.39, 0.29) is 18.4 Å². The summed E-state index contributed by atoms with van der Waals surface area (Å²) in [5, 5.41) is 18.0. The number of halogens is 1. The van der Waals surface area contributed by atoms with Crippen LogP contribution in [0.2, 0.25) is 0 Å². The van der Waals surface area contributed by atoms with Crippen molar-refractivity contribution >= 4 is 44.7 Å².